The quantitative estimate of drug-likeness (QED) is 0.310. The number of halogens is 3. The van der Waals surface area contributed by atoms with Gasteiger partial charge in [-0.05, 0) is 59.7 Å². The summed E-state index contributed by atoms with van der Waals surface area (Å²) in [5, 5.41) is 4.69. The van der Waals surface area contributed by atoms with E-state index in [2.05, 4.69) is 26.5 Å². The first-order valence-corrected chi connectivity index (χ1v) is 10.3. The minimum Gasteiger partial charge on any atom is -0.493 e. The highest BCUT2D eigenvalue weighted by molar-refractivity contribution is 9.10. The number of carbonyl (C=O) groups is 1. The van der Waals surface area contributed by atoms with Crippen LogP contribution in [0, 0.1) is 0 Å². The Labute approximate surface area is 192 Å². The van der Waals surface area contributed by atoms with E-state index in [1.54, 1.807) is 31.4 Å². The molecule has 0 saturated heterocycles. The summed E-state index contributed by atoms with van der Waals surface area (Å²) >= 11 is 15.3. The van der Waals surface area contributed by atoms with Crippen LogP contribution in [-0.2, 0) is 6.61 Å². The zero-order valence-electron chi connectivity index (χ0n) is 15.9. The number of rotatable bonds is 7. The van der Waals surface area contributed by atoms with Gasteiger partial charge < -0.3 is 9.47 Å². The normalized spacial score (nSPS) is 10.8. The number of carbonyl (C=O) groups excluding carboxylic acids is 1. The maximum atomic E-state index is 12.2. The summed E-state index contributed by atoms with van der Waals surface area (Å²) in [6.45, 7) is 0.385. The minimum atomic E-state index is -0.437. The second-order valence-electron chi connectivity index (χ2n) is 6.15. The molecule has 3 aromatic carbocycles. The van der Waals surface area contributed by atoms with Gasteiger partial charge in [-0.1, -0.05) is 51.3 Å². The van der Waals surface area contributed by atoms with Crippen molar-refractivity contribution in [3.63, 3.8) is 0 Å². The SMILES string of the molecule is COc1ccc(/C=N\NC(=O)c2ccc(Cl)cc2Cl)cc1OCc1ccc(Br)cc1. The fourth-order valence-electron chi connectivity index (χ4n) is 2.53. The maximum absolute atomic E-state index is 12.2. The van der Waals surface area contributed by atoms with Crippen LogP contribution >= 0.6 is 39.1 Å². The number of hydrogen-bond donors (Lipinski definition) is 1. The van der Waals surface area contributed by atoms with Crippen LogP contribution in [0.3, 0.4) is 0 Å². The van der Waals surface area contributed by atoms with E-state index in [9.17, 15) is 4.79 Å². The van der Waals surface area contributed by atoms with Gasteiger partial charge in [0.15, 0.2) is 11.5 Å². The molecule has 0 fully saturated rings. The lowest BCUT2D eigenvalue weighted by molar-refractivity contribution is 0.0955. The summed E-state index contributed by atoms with van der Waals surface area (Å²) < 4.78 is 12.3. The van der Waals surface area contributed by atoms with Gasteiger partial charge in [-0.25, -0.2) is 5.43 Å². The topological polar surface area (TPSA) is 59.9 Å². The lowest BCUT2D eigenvalue weighted by atomic mass is 10.2. The number of hydrogen-bond acceptors (Lipinski definition) is 4. The van der Waals surface area contributed by atoms with Crippen LogP contribution in [0.15, 0.2) is 70.2 Å². The van der Waals surface area contributed by atoms with E-state index in [4.69, 9.17) is 32.7 Å². The molecule has 0 aliphatic heterocycles. The number of methoxy groups -OCH3 is 1. The molecule has 0 saturated carbocycles. The molecule has 1 amide bonds. The van der Waals surface area contributed by atoms with Gasteiger partial charge in [0.2, 0.25) is 0 Å². The van der Waals surface area contributed by atoms with Gasteiger partial charge in [-0.2, -0.15) is 5.10 Å². The molecule has 0 spiro atoms. The first kappa shape index (κ1) is 22.2. The van der Waals surface area contributed by atoms with Crippen LogP contribution in [0.1, 0.15) is 21.5 Å². The summed E-state index contributed by atoms with van der Waals surface area (Å²) in [6.07, 6.45) is 1.51. The van der Waals surface area contributed by atoms with Crippen molar-refractivity contribution >= 4 is 51.3 Å². The van der Waals surface area contributed by atoms with E-state index in [0.29, 0.717) is 23.1 Å². The Kier molecular flexibility index (Phi) is 7.74. The third kappa shape index (κ3) is 5.98. The van der Waals surface area contributed by atoms with Crippen LogP contribution < -0.4 is 14.9 Å². The second kappa shape index (κ2) is 10.5. The van der Waals surface area contributed by atoms with Crippen molar-refractivity contribution < 1.29 is 14.3 Å². The van der Waals surface area contributed by atoms with Crippen molar-refractivity contribution in [3.05, 3.63) is 91.9 Å². The van der Waals surface area contributed by atoms with Gasteiger partial charge in [0.25, 0.3) is 5.91 Å². The van der Waals surface area contributed by atoms with Gasteiger partial charge >= 0.3 is 0 Å². The molecule has 0 heterocycles. The molecule has 0 unspecified atom stereocenters. The first-order chi connectivity index (χ1) is 14.5. The van der Waals surface area contributed by atoms with Crippen LogP contribution in [0.5, 0.6) is 11.5 Å². The predicted octanol–water partition coefficient (Wildman–Crippen LogP) is 6.11. The zero-order chi connectivity index (χ0) is 21.5. The molecule has 8 heteroatoms. The Morgan fingerprint density at radius 1 is 1.07 bits per heavy atom. The smallest absolute Gasteiger partial charge is 0.272 e. The molecule has 3 rings (SSSR count). The number of amides is 1. The number of hydrazone groups is 1. The fourth-order valence-corrected chi connectivity index (χ4v) is 3.29. The highest BCUT2D eigenvalue weighted by Gasteiger charge is 2.10. The monoisotopic (exact) mass is 506 g/mol. The largest absolute Gasteiger partial charge is 0.493 e. The summed E-state index contributed by atoms with van der Waals surface area (Å²) in [6, 6.07) is 17.8. The lowest BCUT2D eigenvalue weighted by Gasteiger charge is -2.11. The summed E-state index contributed by atoms with van der Waals surface area (Å²) in [4.78, 5) is 12.2. The molecule has 30 heavy (non-hydrogen) atoms. The molecule has 0 atom stereocenters. The van der Waals surface area contributed by atoms with E-state index in [1.807, 2.05) is 24.3 Å². The van der Waals surface area contributed by atoms with E-state index >= 15 is 0 Å². The molecule has 0 radical (unpaired) electrons. The van der Waals surface area contributed by atoms with Crippen LogP contribution in [-0.4, -0.2) is 19.2 Å². The zero-order valence-corrected chi connectivity index (χ0v) is 19.0. The van der Waals surface area contributed by atoms with Crippen molar-refractivity contribution in [2.75, 3.05) is 7.11 Å². The average Bonchev–Trinajstić information content (AvgIpc) is 2.73. The Morgan fingerprint density at radius 3 is 2.53 bits per heavy atom. The third-order valence-corrected chi connectivity index (χ3v) is 5.13. The Morgan fingerprint density at radius 2 is 1.83 bits per heavy atom. The Hall–Kier alpha value is -2.54. The molecule has 1 N–H and O–H groups in total. The first-order valence-electron chi connectivity index (χ1n) is 8.80. The maximum Gasteiger partial charge on any atom is 0.272 e. The minimum absolute atomic E-state index is 0.253. The summed E-state index contributed by atoms with van der Waals surface area (Å²) in [5.74, 6) is 0.728. The van der Waals surface area contributed by atoms with E-state index < -0.39 is 5.91 Å². The van der Waals surface area contributed by atoms with Gasteiger partial charge in [0.05, 0.1) is 23.9 Å². The molecule has 3 aromatic rings. The third-order valence-electron chi connectivity index (χ3n) is 4.05. The lowest BCUT2D eigenvalue weighted by Crippen LogP contribution is -2.18. The van der Waals surface area contributed by atoms with Crippen molar-refractivity contribution in [3.8, 4) is 11.5 Å². The van der Waals surface area contributed by atoms with E-state index in [-0.39, 0.29) is 10.6 Å². The summed E-state index contributed by atoms with van der Waals surface area (Å²) in [7, 11) is 1.58. The molecule has 0 aromatic heterocycles. The van der Waals surface area contributed by atoms with Gasteiger partial charge in [-0.3, -0.25) is 4.79 Å². The van der Waals surface area contributed by atoms with Crippen LogP contribution in [0.4, 0.5) is 0 Å². The van der Waals surface area contributed by atoms with Crippen LogP contribution in [0.2, 0.25) is 10.0 Å². The van der Waals surface area contributed by atoms with Crippen molar-refractivity contribution in [2.24, 2.45) is 5.10 Å². The standard InChI is InChI=1S/C22H17BrCl2N2O3/c1-29-20-9-4-15(10-21(20)30-13-14-2-5-16(23)6-3-14)12-26-27-22(28)18-8-7-17(24)11-19(18)25/h2-12H,13H2,1H3,(H,27,28)/b26-12-. The Balaban J connectivity index is 1.67. The van der Waals surface area contributed by atoms with Crippen molar-refractivity contribution in [2.45, 2.75) is 6.61 Å². The van der Waals surface area contributed by atoms with Crippen molar-refractivity contribution in [1.82, 2.24) is 5.43 Å². The molecule has 0 aliphatic carbocycles. The molecule has 154 valence electrons. The number of ether oxygens (including phenoxy) is 2. The predicted molar refractivity (Wildman–Crippen MR) is 123 cm³/mol. The fraction of sp³-hybridized carbons (Fsp3) is 0.0909. The Bertz CT molecular complexity index is 1070. The van der Waals surface area contributed by atoms with Crippen LogP contribution in [0.25, 0.3) is 0 Å². The number of benzene rings is 3. The number of nitrogens with zero attached hydrogens (tertiary/aromatic N) is 1. The second-order valence-corrected chi connectivity index (χ2v) is 7.91. The highest BCUT2D eigenvalue weighted by Crippen LogP contribution is 2.28. The van der Waals surface area contributed by atoms with E-state index in [1.165, 1.54) is 18.3 Å². The van der Waals surface area contributed by atoms with Crippen molar-refractivity contribution in [1.29, 1.82) is 0 Å². The van der Waals surface area contributed by atoms with Gasteiger partial charge in [0.1, 0.15) is 6.61 Å². The molecular weight excluding hydrogens is 491 g/mol. The number of nitrogens with one attached hydrogen (secondary N) is 1. The van der Waals surface area contributed by atoms with Gasteiger partial charge in [0, 0.05) is 9.50 Å². The molecule has 0 aliphatic rings. The summed E-state index contributed by atoms with van der Waals surface area (Å²) in [5.41, 5.74) is 4.48. The average molecular weight is 508 g/mol. The highest BCUT2D eigenvalue weighted by atomic mass is 79.9. The molecular formula is C22H17BrCl2N2O3. The van der Waals surface area contributed by atoms with E-state index in [0.717, 1.165) is 15.6 Å². The molecule has 5 nitrogen and oxygen atoms in total. The molecule has 0 bridgehead atoms. The van der Waals surface area contributed by atoms with Gasteiger partial charge in [-0.15, -0.1) is 0 Å².